The van der Waals surface area contributed by atoms with Crippen LogP contribution in [0, 0.1) is 10.8 Å². The predicted octanol–water partition coefficient (Wildman–Crippen LogP) is 3.03. The molecule has 26 heavy (non-hydrogen) atoms. The van der Waals surface area contributed by atoms with Crippen LogP contribution in [-0.4, -0.2) is 26.7 Å². The van der Waals surface area contributed by atoms with E-state index in [1.54, 1.807) is 0 Å². The van der Waals surface area contributed by atoms with Crippen molar-refractivity contribution in [2.24, 2.45) is 16.6 Å². The van der Waals surface area contributed by atoms with E-state index >= 15 is 0 Å². The Labute approximate surface area is 153 Å². The third kappa shape index (κ3) is 2.07. The van der Waals surface area contributed by atoms with Gasteiger partial charge < -0.3 is 15.4 Å². The molecule has 4 aliphatic rings. The van der Waals surface area contributed by atoms with Crippen LogP contribution in [0.3, 0.4) is 0 Å². The Morgan fingerprint density at radius 3 is 2.62 bits per heavy atom. The van der Waals surface area contributed by atoms with Gasteiger partial charge in [-0.2, -0.15) is 0 Å². The number of nitrogens with zero attached hydrogens (tertiary/aromatic N) is 2. The Morgan fingerprint density at radius 2 is 1.92 bits per heavy atom. The lowest BCUT2D eigenvalue weighted by molar-refractivity contribution is -0.144. The topological polar surface area (TPSA) is 81.1 Å². The normalized spacial score (nSPS) is 32.9. The van der Waals surface area contributed by atoms with Gasteiger partial charge in [-0.1, -0.05) is 24.3 Å². The molecule has 1 aromatic carbocycles. The Morgan fingerprint density at radius 1 is 1.23 bits per heavy atom. The van der Waals surface area contributed by atoms with Gasteiger partial charge in [0.2, 0.25) is 5.91 Å². The highest BCUT2D eigenvalue weighted by Crippen LogP contribution is 2.59. The number of fused-ring (bicyclic) bond motifs is 6. The Hall–Kier alpha value is -2.14. The molecule has 3 fully saturated rings. The van der Waals surface area contributed by atoms with Gasteiger partial charge in [0.1, 0.15) is 0 Å². The van der Waals surface area contributed by atoms with Crippen LogP contribution in [0.1, 0.15) is 56.6 Å². The molecule has 0 radical (unpaired) electrons. The fourth-order valence-electron chi connectivity index (χ4n) is 5.72. The molecular weight excluding hydrogens is 326 g/mol. The maximum atomic E-state index is 11.9. The second-order valence-electron chi connectivity index (χ2n) is 8.55. The van der Waals surface area contributed by atoms with Gasteiger partial charge in [0.05, 0.1) is 30.4 Å². The summed E-state index contributed by atoms with van der Waals surface area (Å²) >= 11 is 0. The molecule has 2 heterocycles. The number of rotatable bonds is 4. The van der Waals surface area contributed by atoms with Gasteiger partial charge in [0.25, 0.3) is 0 Å². The Kier molecular flexibility index (Phi) is 3.35. The van der Waals surface area contributed by atoms with Gasteiger partial charge in [-0.3, -0.25) is 4.79 Å². The highest BCUT2D eigenvalue weighted by atomic mass is 16.3. The lowest BCUT2D eigenvalue weighted by Gasteiger charge is -2.54. The number of primary amides is 1. The molecular formula is C21H25N3O2. The van der Waals surface area contributed by atoms with Crippen molar-refractivity contribution >= 4 is 5.91 Å². The molecule has 5 heteroatoms. The molecule has 5 nitrogen and oxygen atoms in total. The van der Waals surface area contributed by atoms with Crippen molar-refractivity contribution in [2.45, 2.75) is 57.1 Å². The van der Waals surface area contributed by atoms with E-state index in [1.807, 2.05) is 12.5 Å². The van der Waals surface area contributed by atoms with Crippen molar-refractivity contribution in [3.63, 3.8) is 0 Å². The smallest absolute Gasteiger partial charge is 0.223 e. The Bertz CT molecular complexity index is 847. The van der Waals surface area contributed by atoms with Crippen LogP contribution >= 0.6 is 0 Å². The summed E-state index contributed by atoms with van der Waals surface area (Å²) in [7, 11) is 0. The molecule has 2 aromatic rings. The first-order valence-corrected chi connectivity index (χ1v) is 9.64. The first-order valence-electron chi connectivity index (χ1n) is 9.64. The standard InChI is InChI=1S/C21H25N3O2/c22-19(26)21-8-5-20(6-9-21,7-10-21)18(25)11-16-14-3-1-2-4-15(14)17-12-23-13-24(16)17/h1-4,12-13,16,18,25H,5-11H2,(H2,22,26). The number of aliphatic hydroxyl groups excluding tert-OH is 1. The van der Waals surface area contributed by atoms with Gasteiger partial charge in [-0.05, 0) is 55.9 Å². The van der Waals surface area contributed by atoms with Crippen LogP contribution in [-0.2, 0) is 4.79 Å². The van der Waals surface area contributed by atoms with Crippen LogP contribution < -0.4 is 5.73 Å². The summed E-state index contributed by atoms with van der Waals surface area (Å²) in [4.78, 5) is 16.2. The zero-order valence-electron chi connectivity index (χ0n) is 14.9. The van der Waals surface area contributed by atoms with Crippen molar-refractivity contribution in [2.75, 3.05) is 0 Å². The number of aliphatic hydroxyl groups is 1. The van der Waals surface area contributed by atoms with Crippen LogP contribution in [0.4, 0.5) is 0 Å². The van der Waals surface area contributed by atoms with Crippen LogP contribution in [0.2, 0.25) is 0 Å². The van der Waals surface area contributed by atoms with Crippen LogP contribution in [0.15, 0.2) is 36.8 Å². The summed E-state index contributed by atoms with van der Waals surface area (Å²) in [6.07, 6.45) is 9.32. The minimum atomic E-state index is -0.375. The van der Waals surface area contributed by atoms with Gasteiger partial charge >= 0.3 is 0 Å². The summed E-state index contributed by atoms with van der Waals surface area (Å²) in [5.74, 6) is -0.145. The lowest BCUT2D eigenvalue weighted by atomic mass is 9.51. The van der Waals surface area contributed by atoms with Crippen molar-refractivity contribution in [3.05, 3.63) is 42.4 Å². The molecule has 6 rings (SSSR count). The quantitative estimate of drug-likeness (QED) is 0.888. The van der Waals surface area contributed by atoms with Crippen molar-refractivity contribution in [1.29, 1.82) is 0 Å². The van der Waals surface area contributed by atoms with E-state index in [9.17, 15) is 9.90 Å². The van der Waals surface area contributed by atoms with E-state index in [4.69, 9.17) is 5.73 Å². The van der Waals surface area contributed by atoms with Crippen LogP contribution in [0.25, 0.3) is 11.3 Å². The molecule has 1 amide bonds. The number of imidazole rings is 1. The molecule has 2 bridgehead atoms. The molecule has 136 valence electrons. The SMILES string of the molecule is NC(=O)C12CCC(C(O)CC3c4ccccc4-c4cncn43)(CC1)CC2. The predicted molar refractivity (Wildman–Crippen MR) is 98.2 cm³/mol. The van der Waals surface area contributed by atoms with Crippen LogP contribution in [0.5, 0.6) is 0 Å². The van der Waals surface area contributed by atoms with Crippen molar-refractivity contribution in [1.82, 2.24) is 9.55 Å². The average Bonchev–Trinajstić information content (AvgIpc) is 3.26. The number of amides is 1. The zero-order valence-corrected chi connectivity index (χ0v) is 14.9. The molecule has 2 atom stereocenters. The van der Waals surface area contributed by atoms with E-state index < -0.39 is 0 Å². The number of hydrogen-bond donors (Lipinski definition) is 2. The monoisotopic (exact) mass is 351 g/mol. The third-order valence-corrected chi connectivity index (χ3v) is 7.58. The second kappa shape index (κ2) is 5.43. The fraction of sp³-hybridized carbons (Fsp3) is 0.524. The fourth-order valence-corrected chi connectivity index (χ4v) is 5.72. The van der Waals surface area contributed by atoms with Gasteiger partial charge in [0, 0.05) is 11.0 Å². The van der Waals surface area contributed by atoms with E-state index in [-0.39, 0.29) is 28.9 Å². The van der Waals surface area contributed by atoms with E-state index in [1.165, 1.54) is 11.1 Å². The lowest BCUT2D eigenvalue weighted by Crippen LogP contribution is -2.52. The summed E-state index contributed by atoms with van der Waals surface area (Å²) in [6.45, 7) is 0. The summed E-state index contributed by atoms with van der Waals surface area (Å²) in [5.41, 5.74) is 8.94. The summed E-state index contributed by atoms with van der Waals surface area (Å²) in [5, 5.41) is 11.3. The van der Waals surface area contributed by atoms with Gasteiger partial charge in [-0.15, -0.1) is 0 Å². The van der Waals surface area contributed by atoms with Gasteiger partial charge in [-0.25, -0.2) is 4.98 Å². The molecule has 3 N–H and O–H groups in total. The number of benzene rings is 1. The molecule has 0 spiro atoms. The Balaban J connectivity index is 1.41. The summed E-state index contributed by atoms with van der Waals surface area (Å²) in [6, 6.07) is 8.56. The maximum absolute atomic E-state index is 11.9. The zero-order chi connectivity index (χ0) is 17.9. The first kappa shape index (κ1) is 16.1. The van der Waals surface area contributed by atoms with E-state index in [0.717, 1.165) is 44.2 Å². The highest BCUT2D eigenvalue weighted by Gasteiger charge is 2.54. The summed E-state index contributed by atoms with van der Waals surface area (Å²) < 4.78 is 2.20. The highest BCUT2D eigenvalue weighted by molar-refractivity contribution is 5.81. The first-order chi connectivity index (χ1) is 12.5. The number of nitrogens with two attached hydrogens (primary N) is 1. The number of aromatic nitrogens is 2. The maximum Gasteiger partial charge on any atom is 0.223 e. The second-order valence-corrected chi connectivity index (χ2v) is 8.55. The molecule has 2 unspecified atom stereocenters. The minimum Gasteiger partial charge on any atom is -0.392 e. The van der Waals surface area contributed by atoms with E-state index in [0.29, 0.717) is 6.42 Å². The van der Waals surface area contributed by atoms with E-state index in [2.05, 4.69) is 33.8 Å². The largest absolute Gasteiger partial charge is 0.392 e. The number of carbonyl (C=O) groups excluding carboxylic acids is 1. The molecule has 3 aliphatic carbocycles. The average molecular weight is 351 g/mol. The molecule has 3 saturated carbocycles. The number of carbonyl (C=O) groups is 1. The molecule has 0 saturated heterocycles. The molecule has 1 aromatic heterocycles. The number of hydrogen-bond acceptors (Lipinski definition) is 3. The van der Waals surface area contributed by atoms with Crippen molar-refractivity contribution in [3.8, 4) is 11.3 Å². The van der Waals surface area contributed by atoms with Crippen molar-refractivity contribution < 1.29 is 9.90 Å². The van der Waals surface area contributed by atoms with Gasteiger partial charge in [0.15, 0.2) is 0 Å². The third-order valence-electron chi connectivity index (χ3n) is 7.58. The minimum absolute atomic E-state index is 0.0600. The molecule has 1 aliphatic heterocycles.